The second-order valence-corrected chi connectivity index (χ2v) is 4.32. The maximum Gasteiger partial charge on any atom is 0.307 e. The average molecular weight is 251 g/mol. The van der Waals surface area contributed by atoms with E-state index in [9.17, 15) is 4.79 Å². The molecule has 0 fully saturated rings. The van der Waals surface area contributed by atoms with Gasteiger partial charge in [0.2, 0.25) is 0 Å². The van der Waals surface area contributed by atoms with Crippen LogP contribution in [-0.2, 0) is 9.53 Å². The van der Waals surface area contributed by atoms with Crippen molar-refractivity contribution in [3.05, 3.63) is 29.8 Å². The molecule has 0 unspecified atom stereocenters. The van der Waals surface area contributed by atoms with Crippen molar-refractivity contribution in [3.8, 4) is 5.75 Å². The minimum Gasteiger partial charge on any atom is -0.491 e. The lowest BCUT2D eigenvalue weighted by molar-refractivity contribution is -0.143. The summed E-state index contributed by atoms with van der Waals surface area (Å²) in [4.78, 5) is 11.4. The van der Waals surface area contributed by atoms with Crippen LogP contribution in [0.5, 0.6) is 5.75 Å². The first-order valence-electron chi connectivity index (χ1n) is 6.21. The van der Waals surface area contributed by atoms with Crippen molar-refractivity contribution >= 4 is 5.97 Å². The largest absolute Gasteiger partial charge is 0.491 e. The molecule has 0 aliphatic carbocycles. The molecule has 0 aromatic heterocycles. The maximum absolute atomic E-state index is 11.4. The molecule has 100 valence electrons. The number of hydrogen-bond acceptors (Lipinski definition) is 4. The molecule has 0 saturated heterocycles. The van der Waals surface area contributed by atoms with Crippen molar-refractivity contribution in [2.24, 2.45) is 5.73 Å². The molecule has 4 heteroatoms. The fourth-order valence-corrected chi connectivity index (χ4v) is 1.66. The average Bonchev–Trinajstić information content (AvgIpc) is 2.28. The minimum atomic E-state index is -0.404. The zero-order valence-corrected chi connectivity index (χ0v) is 11.2. The van der Waals surface area contributed by atoms with E-state index in [0.717, 1.165) is 11.3 Å². The van der Waals surface area contributed by atoms with E-state index in [4.69, 9.17) is 15.2 Å². The Bertz CT molecular complexity index is 390. The first-order chi connectivity index (χ1) is 8.54. The van der Waals surface area contributed by atoms with Gasteiger partial charge in [-0.15, -0.1) is 0 Å². The highest BCUT2D eigenvalue weighted by Crippen LogP contribution is 2.26. The van der Waals surface area contributed by atoms with Crippen molar-refractivity contribution < 1.29 is 14.3 Å². The van der Waals surface area contributed by atoms with Crippen LogP contribution >= 0.6 is 0 Å². The smallest absolute Gasteiger partial charge is 0.307 e. The fourth-order valence-electron chi connectivity index (χ4n) is 1.66. The Morgan fingerprint density at radius 2 is 2.00 bits per heavy atom. The van der Waals surface area contributed by atoms with Gasteiger partial charge in [0.15, 0.2) is 0 Å². The van der Waals surface area contributed by atoms with Gasteiger partial charge in [0, 0.05) is 11.6 Å². The summed E-state index contributed by atoms with van der Waals surface area (Å²) >= 11 is 0. The van der Waals surface area contributed by atoms with Gasteiger partial charge in [0.1, 0.15) is 5.75 Å². The number of benzene rings is 1. The van der Waals surface area contributed by atoms with Crippen LogP contribution in [0.4, 0.5) is 0 Å². The molecule has 0 saturated carbocycles. The molecule has 0 aliphatic rings. The van der Waals surface area contributed by atoms with E-state index >= 15 is 0 Å². The van der Waals surface area contributed by atoms with Gasteiger partial charge >= 0.3 is 5.97 Å². The van der Waals surface area contributed by atoms with Crippen LogP contribution in [-0.4, -0.2) is 18.7 Å². The van der Waals surface area contributed by atoms with Crippen LogP contribution < -0.4 is 10.5 Å². The van der Waals surface area contributed by atoms with E-state index in [0.29, 0.717) is 6.61 Å². The minimum absolute atomic E-state index is 0.0703. The standard InChI is InChI=1S/C14H21NO3/c1-4-17-14(16)9-12(15)11-7-5-6-8-13(11)18-10(2)3/h5-8,10,12H,4,9,15H2,1-3H3/t12-/m0/s1. The van der Waals surface area contributed by atoms with Crippen molar-refractivity contribution in [2.75, 3.05) is 6.61 Å². The molecule has 1 aromatic carbocycles. The summed E-state index contributed by atoms with van der Waals surface area (Å²) in [6.45, 7) is 6.05. The Morgan fingerprint density at radius 3 is 2.61 bits per heavy atom. The van der Waals surface area contributed by atoms with Crippen LogP contribution in [0.3, 0.4) is 0 Å². The Hall–Kier alpha value is -1.55. The summed E-state index contributed by atoms with van der Waals surface area (Å²) in [6, 6.07) is 7.10. The summed E-state index contributed by atoms with van der Waals surface area (Å²) in [5.74, 6) is 0.439. The van der Waals surface area contributed by atoms with Crippen LogP contribution in [0.1, 0.15) is 38.8 Å². The molecule has 4 nitrogen and oxygen atoms in total. The number of nitrogens with two attached hydrogens (primary N) is 1. The highest BCUT2D eigenvalue weighted by atomic mass is 16.5. The summed E-state index contributed by atoms with van der Waals surface area (Å²) in [5, 5.41) is 0. The molecule has 18 heavy (non-hydrogen) atoms. The van der Waals surface area contributed by atoms with Crippen LogP contribution in [0.15, 0.2) is 24.3 Å². The van der Waals surface area contributed by atoms with E-state index in [2.05, 4.69) is 0 Å². The predicted octanol–water partition coefficient (Wildman–Crippen LogP) is 2.43. The molecule has 0 radical (unpaired) electrons. The fraction of sp³-hybridized carbons (Fsp3) is 0.500. The summed E-state index contributed by atoms with van der Waals surface area (Å²) in [5.41, 5.74) is 6.85. The molecule has 0 spiro atoms. The highest BCUT2D eigenvalue weighted by Gasteiger charge is 2.16. The number of para-hydroxylation sites is 1. The van der Waals surface area contributed by atoms with Crippen LogP contribution in [0.2, 0.25) is 0 Å². The molecule has 0 amide bonds. The Morgan fingerprint density at radius 1 is 1.33 bits per heavy atom. The molecule has 0 bridgehead atoms. The van der Waals surface area contributed by atoms with Crippen molar-refractivity contribution in [3.63, 3.8) is 0 Å². The lowest BCUT2D eigenvalue weighted by Crippen LogP contribution is -2.19. The normalized spacial score (nSPS) is 12.3. The quantitative estimate of drug-likeness (QED) is 0.789. The van der Waals surface area contributed by atoms with Gasteiger partial charge in [-0.25, -0.2) is 0 Å². The zero-order valence-electron chi connectivity index (χ0n) is 11.2. The molecule has 0 aliphatic heterocycles. The number of hydrogen-bond donors (Lipinski definition) is 1. The number of carbonyl (C=O) groups is 1. The SMILES string of the molecule is CCOC(=O)C[C@H](N)c1ccccc1OC(C)C. The van der Waals surface area contributed by atoms with Gasteiger partial charge in [-0.3, -0.25) is 4.79 Å². The molecule has 1 atom stereocenters. The molecule has 1 aromatic rings. The number of esters is 1. The third-order valence-electron chi connectivity index (χ3n) is 2.37. The lowest BCUT2D eigenvalue weighted by Gasteiger charge is -2.18. The molecule has 0 heterocycles. The number of rotatable bonds is 6. The van der Waals surface area contributed by atoms with Crippen molar-refractivity contribution in [2.45, 2.75) is 39.3 Å². The van der Waals surface area contributed by atoms with Gasteiger partial charge in [0.25, 0.3) is 0 Å². The van der Waals surface area contributed by atoms with E-state index in [-0.39, 0.29) is 18.5 Å². The third-order valence-corrected chi connectivity index (χ3v) is 2.37. The molecular formula is C14H21NO3. The van der Waals surface area contributed by atoms with E-state index in [1.54, 1.807) is 6.92 Å². The van der Waals surface area contributed by atoms with Gasteiger partial charge in [-0.05, 0) is 26.8 Å². The predicted molar refractivity (Wildman–Crippen MR) is 70.4 cm³/mol. The number of ether oxygens (including phenoxy) is 2. The topological polar surface area (TPSA) is 61.5 Å². The Balaban J connectivity index is 2.78. The second kappa shape index (κ2) is 7.01. The van der Waals surface area contributed by atoms with Gasteiger partial charge in [-0.1, -0.05) is 18.2 Å². The van der Waals surface area contributed by atoms with Crippen LogP contribution in [0.25, 0.3) is 0 Å². The Kier molecular flexibility index (Phi) is 5.65. The Labute approximate surface area is 108 Å². The highest BCUT2D eigenvalue weighted by molar-refractivity contribution is 5.70. The van der Waals surface area contributed by atoms with E-state index < -0.39 is 6.04 Å². The van der Waals surface area contributed by atoms with Gasteiger partial charge < -0.3 is 15.2 Å². The molecule has 2 N–H and O–H groups in total. The van der Waals surface area contributed by atoms with Gasteiger partial charge in [-0.2, -0.15) is 0 Å². The summed E-state index contributed by atoms with van der Waals surface area (Å²) < 4.78 is 10.6. The van der Waals surface area contributed by atoms with Crippen molar-refractivity contribution in [1.82, 2.24) is 0 Å². The summed E-state index contributed by atoms with van der Waals surface area (Å²) in [7, 11) is 0. The van der Waals surface area contributed by atoms with E-state index in [1.165, 1.54) is 0 Å². The van der Waals surface area contributed by atoms with Gasteiger partial charge in [0.05, 0.1) is 19.1 Å². The van der Waals surface area contributed by atoms with E-state index in [1.807, 2.05) is 38.1 Å². The second-order valence-electron chi connectivity index (χ2n) is 4.32. The summed E-state index contributed by atoms with van der Waals surface area (Å²) in [6.07, 6.45) is 0.229. The maximum atomic E-state index is 11.4. The first-order valence-corrected chi connectivity index (χ1v) is 6.21. The number of carbonyl (C=O) groups excluding carboxylic acids is 1. The molecule has 1 rings (SSSR count). The van der Waals surface area contributed by atoms with Crippen LogP contribution in [0, 0.1) is 0 Å². The molecular weight excluding hydrogens is 230 g/mol. The first kappa shape index (κ1) is 14.5. The van der Waals surface area contributed by atoms with Crippen molar-refractivity contribution in [1.29, 1.82) is 0 Å². The monoisotopic (exact) mass is 251 g/mol. The lowest BCUT2D eigenvalue weighted by atomic mass is 10.0. The third kappa shape index (κ3) is 4.37. The zero-order chi connectivity index (χ0) is 13.5.